The Hall–Kier alpha value is -2.11. The van der Waals surface area contributed by atoms with Gasteiger partial charge in [-0.15, -0.1) is 0 Å². The van der Waals surface area contributed by atoms with Crippen LogP contribution in [-0.4, -0.2) is 30.2 Å². The molecule has 0 radical (unpaired) electrons. The van der Waals surface area contributed by atoms with Crippen molar-refractivity contribution < 1.29 is 9.90 Å². The third-order valence-corrected chi connectivity index (χ3v) is 2.37. The molecule has 6 heteroatoms. The average molecular weight is 220 g/mol. The van der Waals surface area contributed by atoms with Crippen LogP contribution in [0, 0.1) is 0 Å². The van der Waals surface area contributed by atoms with E-state index < -0.39 is 5.97 Å². The number of imidazole rings is 2. The third kappa shape index (κ3) is 2.10. The zero-order valence-electron chi connectivity index (χ0n) is 8.87. The van der Waals surface area contributed by atoms with Crippen LogP contribution in [0.5, 0.6) is 0 Å². The quantitative estimate of drug-likeness (QED) is 0.817. The smallest absolute Gasteiger partial charge is 0.356 e. The number of rotatable bonds is 4. The van der Waals surface area contributed by atoms with E-state index in [-0.39, 0.29) is 5.69 Å². The third-order valence-electron chi connectivity index (χ3n) is 2.37. The van der Waals surface area contributed by atoms with E-state index >= 15 is 0 Å². The number of carboxylic acid groups (broad SMARTS) is 1. The normalized spacial score (nSPS) is 10.6. The molecular formula is C10H12N4O2. The molecule has 16 heavy (non-hydrogen) atoms. The van der Waals surface area contributed by atoms with E-state index in [0.29, 0.717) is 6.54 Å². The van der Waals surface area contributed by atoms with Crippen LogP contribution in [0.25, 0.3) is 0 Å². The second kappa shape index (κ2) is 4.18. The molecule has 0 saturated carbocycles. The minimum Gasteiger partial charge on any atom is -0.476 e. The van der Waals surface area contributed by atoms with Gasteiger partial charge >= 0.3 is 5.97 Å². The lowest BCUT2D eigenvalue weighted by Gasteiger charge is -2.02. The fourth-order valence-electron chi connectivity index (χ4n) is 1.46. The van der Waals surface area contributed by atoms with Crippen molar-refractivity contribution in [3.8, 4) is 0 Å². The highest BCUT2D eigenvalue weighted by molar-refractivity contribution is 5.84. The van der Waals surface area contributed by atoms with Crippen LogP contribution >= 0.6 is 0 Å². The topological polar surface area (TPSA) is 72.9 Å². The first-order valence-electron chi connectivity index (χ1n) is 4.88. The number of nitrogens with zero attached hydrogens (tertiary/aromatic N) is 4. The molecule has 0 saturated heterocycles. The Labute approximate surface area is 92.2 Å². The van der Waals surface area contributed by atoms with Crippen LogP contribution in [0.1, 0.15) is 16.3 Å². The molecule has 0 aliphatic carbocycles. The van der Waals surface area contributed by atoms with Crippen LogP contribution in [-0.2, 0) is 20.0 Å². The highest BCUT2D eigenvalue weighted by Crippen LogP contribution is 2.01. The van der Waals surface area contributed by atoms with Crippen LogP contribution in [0.2, 0.25) is 0 Å². The number of aromatic carboxylic acids is 1. The van der Waals surface area contributed by atoms with Gasteiger partial charge in [0, 0.05) is 38.6 Å². The molecule has 0 fully saturated rings. The molecular weight excluding hydrogens is 208 g/mol. The van der Waals surface area contributed by atoms with Crippen LogP contribution < -0.4 is 0 Å². The molecule has 0 amide bonds. The van der Waals surface area contributed by atoms with Gasteiger partial charge in [-0.2, -0.15) is 0 Å². The summed E-state index contributed by atoms with van der Waals surface area (Å²) in [6.07, 6.45) is 7.41. The van der Waals surface area contributed by atoms with Crippen LogP contribution in [0.4, 0.5) is 0 Å². The highest BCUT2D eigenvalue weighted by Gasteiger charge is 2.06. The van der Waals surface area contributed by atoms with E-state index in [1.54, 1.807) is 10.8 Å². The molecule has 2 aromatic heterocycles. The number of carbonyl (C=O) groups is 1. The molecule has 0 aliphatic heterocycles. The van der Waals surface area contributed by atoms with E-state index in [9.17, 15) is 4.79 Å². The van der Waals surface area contributed by atoms with Crippen molar-refractivity contribution in [2.75, 3.05) is 0 Å². The van der Waals surface area contributed by atoms with Crippen molar-refractivity contribution in [1.29, 1.82) is 0 Å². The molecule has 0 aromatic carbocycles. The lowest BCUT2D eigenvalue weighted by molar-refractivity contribution is 0.0691. The maximum atomic E-state index is 10.6. The lowest BCUT2D eigenvalue weighted by Crippen LogP contribution is -2.04. The van der Waals surface area contributed by atoms with E-state index in [1.165, 1.54) is 12.5 Å². The Kier molecular flexibility index (Phi) is 2.72. The van der Waals surface area contributed by atoms with Crippen molar-refractivity contribution in [2.24, 2.45) is 7.05 Å². The van der Waals surface area contributed by atoms with Gasteiger partial charge < -0.3 is 14.2 Å². The van der Waals surface area contributed by atoms with E-state index in [4.69, 9.17) is 5.11 Å². The van der Waals surface area contributed by atoms with Gasteiger partial charge in [0.05, 0.1) is 6.33 Å². The first-order chi connectivity index (χ1) is 7.66. The van der Waals surface area contributed by atoms with Gasteiger partial charge in [0.25, 0.3) is 0 Å². The Balaban J connectivity index is 2.00. The maximum absolute atomic E-state index is 10.6. The number of hydrogen-bond donors (Lipinski definition) is 1. The van der Waals surface area contributed by atoms with Gasteiger partial charge in [-0.1, -0.05) is 0 Å². The monoisotopic (exact) mass is 220 g/mol. The molecule has 0 aliphatic rings. The zero-order valence-corrected chi connectivity index (χ0v) is 8.87. The SMILES string of the molecule is Cn1ccnc1CCn1cnc(C(=O)O)c1. The van der Waals surface area contributed by atoms with Crippen LogP contribution in [0.3, 0.4) is 0 Å². The summed E-state index contributed by atoms with van der Waals surface area (Å²) in [7, 11) is 1.93. The first kappa shape index (κ1) is 10.4. The minimum atomic E-state index is -1.00. The molecule has 2 rings (SSSR count). The van der Waals surface area contributed by atoms with Gasteiger partial charge in [0.2, 0.25) is 0 Å². The maximum Gasteiger partial charge on any atom is 0.356 e. The molecule has 0 bridgehead atoms. The van der Waals surface area contributed by atoms with E-state index in [2.05, 4.69) is 9.97 Å². The Morgan fingerprint density at radius 1 is 1.50 bits per heavy atom. The predicted molar refractivity (Wildman–Crippen MR) is 56.1 cm³/mol. The fraction of sp³-hybridized carbons (Fsp3) is 0.300. The highest BCUT2D eigenvalue weighted by atomic mass is 16.4. The molecule has 0 atom stereocenters. The Morgan fingerprint density at radius 2 is 2.31 bits per heavy atom. The van der Waals surface area contributed by atoms with E-state index in [0.717, 1.165) is 12.2 Å². The first-order valence-corrected chi connectivity index (χ1v) is 4.88. The second-order valence-electron chi connectivity index (χ2n) is 3.51. The summed E-state index contributed by atoms with van der Waals surface area (Å²) >= 11 is 0. The van der Waals surface area contributed by atoms with Gasteiger partial charge in [0.15, 0.2) is 5.69 Å². The molecule has 1 N–H and O–H groups in total. The summed E-state index contributed by atoms with van der Waals surface area (Å²) in [5, 5.41) is 8.70. The van der Waals surface area contributed by atoms with Crippen molar-refractivity contribution in [1.82, 2.24) is 19.1 Å². The lowest BCUT2D eigenvalue weighted by atomic mass is 10.4. The van der Waals surface area contributed by atoms with Crippen molar-refractivity contribution in [3.63, 3.8) is 0 Å². The Morgan fingerprint density at radius 3 is 2.88 bits per heavy atom. The number of aryl methyl sites for hydroxylation is 3. The fourth-order valence-corrected chi connectivity index (χ4v) is 1.46. The van der Waals surface area contributed by atoms with E-state index in [1.807, 2.05) is 17.8 Å². The molecule has 0 spiro atoms. The number of aromatic nitrogens is 4. The summed E-state index contributed by atoms with van der Waals surface area (Å²) in [6.45, 7) is 0.672. The van der Waals surface area contributed by atoms with Crippen LogP contribution in [0.15, 0.2) is 24.9 Å². The predicted octanol–water partition coefficient (Wildman–Crippen LogP) is 0.557. The zero-order chi connectivity index (χ0) is 11.5. The average Bonchev–Trinajstić information content (AvgIpc) is 2.83. The second-order valence-corrected chi connectivity index (χ2v) is 3.51. The van der Waals surface area contributed by atoms with Gasteiger partial charge in [-0.05, 0) is 0 Å². The molecule has 2 aromatic rings. The molecule has 84 valence electrons. The minimum absolute atomic E-state index is 0.0693. The summed E-state index contributed by atoms with van der Waals surface area (Å²) in [6, 6.07) is 0. The molecule has 0 unspecified atom stereocenters. The van der Waals surface area contributed by atoms with Crippen molar-refractivity contribution >= 4 is 5.97 Å². The largest absolute Gasteiger partial charge is 0.476 e. The van der Waals surface area contributed by atoms with Crippen molar-refractivity contribution in [3.05, 3.63) is 36.4 Å². The number of hydrogen-bond acceptors (Lipinski definition) is 3. The van der Waals surface area contributed by atoms with Gasteiger partial charge in [-0.25, -0.2) is 14.8 Å². The van der Waals surface area contributed by atoms with Crippen molar-refractivity contribution in [2.45, 2.75) is 13.0 Å². The molecule has 2 heterocycles. The van der Waals surface area contributed by atoms with Gasteiger partial charge in [-0.3, -0.25) is 0 Å². The summed E-state index contributed by atoms with van der Waals surface area (Å²) in [4.78, 5) is 18.6. The summed E-state index contributed by atoms with van der Waals surface area (Å²) in [5.74, 6) is -0.0404. The Bertz CT molecular complexity index is 500. The number of carboxylic acids is 1. The molecule has 6 nitrogen and oxygen atoms in total. The standard InChI is InChI=1S/C10H12N4O2/c1-13-5-3-11-9(13)2-4-14-6-8(10(15)16)12-7-14/h3,5-7H,2,4H2,1H3,(H,15,16). The summed E-state index contributed by atoms with van der Waals surface area (Å²) in [5.41, 5.74) is 0.0693. The summed E-state index contributed by atoms with van der Waals surface area (Å²) < 4.78 is 3.69. The van der Waals surface area contributed by atoms with Gasteiger partial charge in [0.1, 0.15) is 5.82 Å².